The van der Waals surface area contributed by atoms with E-state index < -0.39 is 16.4 Å². The minimum Gasteiger partial charge on any atom is -0.507 e. The molecule has 0 atom stereocenters. The maximum Gasteiger partial charge on any atom is 0.292 e. The smallest absolute Gasteiger partial charge is 0.292 e. The molecule has 10 nitrogen and oxygen atoms in total. The number of aromatic hydroxyl groups is 1. The molecular formula is C16H11N5O5. The van der Waals surface area contributed by atoms with Crippen LogP contribution in [0.4, 0.5) is 5.69 Å². The van der Waals surface area contributed by atoms with Gasteiger partial charge < -0.3 is 5.11 Å². The molecule has 3 N–H and O–H groups in total. The lowest BCUT2D eigenvalue weighted by Gasteiger charge is -2.03. The molecule has 0 unspecified atom stereocenters. The van der Waals surface area contributed by atoms with E-state index in [9.17, 15) is 24.8 Å². The quantitative estimate of drug-likeness (QED) is 0.365. The number of nitrogens with zero attached hydrogens (tertiary/aromatic N) is 3. The molecule has 3 aromatic rings. The van der Waals surface area contributed by atoms with E-state index in [0.29, 0.717) is 10.8 Å². The summed E-state index contributed by atoms with van der Waals surface area (Å²) in [6.07, 6.45) is 1.06. The summed E-state index contributed by atoms with van der Waals surface area (Å²) in [5, 5.41) is 30.7. The van der Waals surface area contributed by atoms with Crippen molar-refractivity contribution in [3.8, 4) is 5.75 Å². The second-order valence-electron chi connectivity index (χ2n) is 5.15. The molecule has 130 valence electrons. The number of benzene rings is 2. The molecule has 26 heavy (non-hydrogen) atoms. The number of nitro benzene ring substituents is 1. The monoisotopic (exact) mass is 353 g/mol. The SMILES string of the molecule is O=C(N/N=C/c1cc([N+](=O)[O-])ccc1O)c1n[nH]c(=O)c2ccccc12. The van der Waals surface area contributed by atoms with Crippen molar-refractivity contribution >= 4 is 28.6 Å². The maximum absolute atomic E-state index is 12.2. The van der Waals surface area contributed by atoms with Gasteiger partial charge in [0.1, 0.15) is 5.75 Å². The summed E-state index contributed by atoms with van der Waals surface area (Å²) in [5.41, 5.74) is 1.55. The second-order valence-corrected chi connectivity index (χ2v) is 5.15. The molecule has 1 heterocycles. The summed E-state index contributed by atoms with van der Waals surface area (Å²) in [5.74, 6) is -0.931. The lowest BCUT2D eigenvalue weighted by atomic mass is 10.1. The molecule has 0 radical (unpaired) electrons. The minimum absolute atomic E-state index is 0.0411. The van der Waals surface area contributed by atoms with Crippen LogP contribution in [0.2, 0.25) is 0 Å². The first-order valence-electron chi connectivity index (χ1n) is 7.25. The zero-order chi connectivity index (χ0) is 18.7. The Labute approximate surface area is 144 Å². The van der Waals surface area contributed by atoms with Crippen molar-refractivity contribution in [1.82, 2.24) is 15.6 Å². The number of aromatic nitrogens is 2. The molecule has 0 aliphatic heterocycles. The van der Waals surface area contributed by atoms with E-state index in [1.54, 1.807) is 24.3 Å². The minimum atomic E-state index is -0.696. The van der Waals surface area contributed by atoms with E-state index in [1.165, 1.54) is 0 Å². The van der Waals surface area contributed by atoms with Crippen molar-refractivity contribution in [1.29, 1.82) is 0 Å². The summed E-state index contributed by atoms with van der Waals surface area (Å²) in [6.45, 7) is 0. The van der Waals surface area contributed by atoms with Gasteiger partial charge in [0, 0.05) is 23.1 Å². The molecule has 1 aromatic heterocycles. The number of hydrogen-bond donors (Lipinski definition) is 3. The number of nitro groups is 1. The fraction of sp³-hybridized carbons (Fsp3) is 0. The number of carbonyl (C=O) groups is 1. The Morgan fingerprint density at radius 3 is 2.73 bits per heavy atom. The van der Waals surface area contributed by atoms with Crippen LogP contribution in [0.3, 0.4) is 0 Å². The molecule has 3 rings (SSSR count). The highest BCUT2D eigenvalue weighted by Crippen LogP contribution is 2.21. The Morgan fingerprint density at radius 1 is 1.27 bits per heavy atom. The van der Waals surface area contributed by atoms with E-state index >= 15 is 0 Å². The maximum atomic E-state index is 12.2. The average molecular weight is 353 g/mol. The predicted octanol–water partition coefficient (Wildman–Crippen LogP) is 1.30. The summed E-state index contributed by atoms with van der Waals surface area (Å²) in [6, 6.07) is 9.84. The summed E-state index contributed by atoms with van der Waals surface area (Å²) in [7, 11) is 0. The normalized spacial score (nSPS) is 10.9. The second kappa shape index (κ2) is 6.81. The molecule has 0 aliphatic carbocycles. The van der Waals surface area contributed by atoms with Crippen LogP contribution in [-0.2, 0) is 0 Å². The number of hydrogen-bond acceptors (Lipinski definition) is 7. The molecule has 0 saturated carbocycles. The third-order valence-electron chi connectivity index (χ3n) is 3.50. The summed E-state index contributed by atoms with van der Waals surface area (Å²) in [4.78, 5) is 34.1. The molecule has 0 bridgehead atoms. The van der Waals surface area contributed by atoms with Crippen LogP contribution in [0.15, 0.2) is 52.4 Å². The van der Waals surface area contributed by atoms with Crippen LogP contribution < -0.4 is 11.0 Å². The van der Waals surface area contributed by atoms with Crippen LogP contribution in [0, 0.1) is 10.1 Å². The van der Waals surface area contributed by atoms with Gasteiger partial charge in [-0.2, -0.15) is 10.2 Å². The molecule has 2 aromatic carbocycles. The molecule has 0 spiro atoms. The van der Waals surface area contributed by atoms with Gasteiger partial charge in [-0.3, -0.25) is 19.7 Å². The number of nitrogens with one attached hydrogen (secondary N) is 2. The highest BCUT2D eigenvalue weighted by molar-refractivity contribution is 6.04. The molecule has 10 heteroatoms. The number of H-pyrrole nitrogens is 1. The molecule has 1 amide bonds. The summed E-state index contributed by atoms with van der Waals surface area (Å²) >= 11 is 0. The van der Waals surface area contributed by atoms with Crippen LogP contribution in [-0.4, -0.2) is 32.3 Å². The van der Waals surface area contributed by atoms with E-state index in [2.05, 4.69) is 20.7 Å². The average Bonchev–Trinajstić information content (AvgIpc) is 2.63. The third-order valence-corrected chi connectivity index (χ3v) is 3.50. The number of amides is 1. The van der Waals surface area contributed by atoms with E-state index in [1.807, 2.05) is 0 Å². The van der Waals surface area contributed by atoms with Crippen LogP contribution in [0.1, 0.15) is 16.1 Å². The largest absolute Gasteiger partial charge is 0.507 e. The van der Waals surface area contributed by atoms with Crippen molar-refractivity contribution in [3.05, 3.63) is 74.2 Å². The van der Waals surface area contributed by atoms with Crippen molar-refractivity contribution in [2.24, 2.45) is 5.10 Å². The topological polar surface area (TPSA) is 151 Å². The molecule has 0 saturated heterocycles. The predicted molar refractivity (Wildman–Crippen MR) is 92.2 cm³/mol. The highest BCUT2D eigenvalue weighted by Gasteiger charge is 2.13. The van der Waals surface area contributed by atoms with Gasteiger partial charge in [-0.25, -0.2) is 10.5 Å². The van der Waals surface area contributed by atoms with Crippen molar-refractivity contribution < 1.29 is 14.8 Å². The van der Waals surface area contributed by atoms with E-state index in [-0.39, 0.29) is 22.7 Å². The number of carbonyl (C=O) groups excluding carboxylic acids is 1. The molecule has 0 aliphatic rings. The zero-order valence-electron chi connectivity index (χ0n) is 13.0. The summed E-state index contributed by atoms with van der Waals surface area (Å²) < 4.78 is 0. The molecule has 0 fully saturated rings. The Balaban J connectivity index is 1.85. The third kappa shape index (κ3) is 3.24. The van der Waals surface area contributed by atoms with Crippen LogP contribution >= 0.6 is 0 Å². The van der Waals surface area contributed by atoms with Crippen LogP contribution in [0.5, 0.6) is 5.75 Å². The van der Waals surface area contributed by atoms with Crippen molar-refractivity contribution in [2.45, 2.75) is 0 Å². The van der Waals surface area contributed by atoms with Gasteiger partial charge in [0.15, 0.2) is 5.69 Å². The number of phenols is 1. The van der Waals surface area contributed by atoms with Gasteiger partial charge in [0.05, 0.1) is 16.5 Å². The first-order chi connectivity index (χ1) is 12.5. The Bertz CT molecular complexity index is 1110. The number of hydrazone groups is 1. The van der Waals surface area contributed by atoms with Gasteiger partial charge in [0.25, 0.3) is 17.2 Å². The first kappa shape index (κ1) is 16.8. The number of fused-ring (bicyclic) bond motifs is 1. The first-order valence-corrected chi connectivity index (χ1v) is 7.25. The van der Waals surface area contributed by atoms with Crippen molar-refractivity contribution in [2.75, 3.05) is 0 Å². The standard InChI is InChI=1S/C16H11N5O5/c22-13-6-5-10(21(25)26)7-9(13)8-17-19-16(24)14-11-3-1-2-4-12(11)15(23)20-18-14/h1-8,22H,(H,19,24)(H,20,23)/b17-8+. The number of rotatable bonds is 4. The number of aromatic amines is 1. The van der Waals surface area contributed by atoms with Gasteiger partial charge in [-0.1, -0.05) is 18.2 Å². The van der Waals surface area contributed by atoms with E-state index in [4.69, 9.17) is 0 Å². The Kier molecular flexibility index (Phi) is 4.39. The fourth-order valence-electron chi connectivity index (χ4n) is 2.26. The Hall–Kier alpha value is -4.08. The zero-order valence-corrected chi connectivity index (χ0v) is 13.0. The van der Waals surface area contributed by atoms with Gasteiger partial charge in [-0.15, -0.1) is 0 Å². The van der Waals surface area contributed by atoms with Crippen LogP contribution in [0.25, 0.3) is 10.8 Å². The van der Waals surface area contributed by atoms with Crippen molar-refractivity contribution in [3.63, 3.8) is 0 Å². The van der Waals surface area contributed by atoms with Gasteiger partial charge in [0.2, 0.25) is 0 Å². The number of phenolic OH excluding ortho intramolecular Hbond substituents is 1. The van der Waals surface area contributed by atoms with E-state index in [0.717, 1.165) is 24.4 Å². The molecular weight excluding hydrogens is 342 g/mol. The lowest BCUT2D eigenvalue weighted by molar-refractivity contribution is -0.384. The highest BCUT2D eigenvalue weighted by atomic mass is 16.6. The van der Waals surface area contributed by atoms with Gasteiger partial charge >= 0.3 is 0 Å². The number of non-ortho nitro benzene ring substituents is 1. The lowest BCUT2D eigenvalue weighted by Crippen LogP contribution is -2.22. The Morgan fingerprint density at radius 2 is 2.00 bits per heavy atom. The van der Waals surface area contributed by atoms with Gasteiger partial charge in [-0.05, 0) is 12.1 Å². The fourth-order valence-corrected chi connectivity index (χ4v) is 2.26.